The third-order valence-corrected chi connectivity index (χ3v) is 2.83. The van der Waals surface area contributed by atoms with Crippen molar-refractivity contribution >= 4 is 23.1 Å². The van der Waals surface area contributed by atoms with Crippen LogP contribution in [0, 0.1) is 0 Å². The number of rotatable bonds is 5. The van der Waals surface area contributed by atoms with E-state index in [1.165, 1.54) is 0 Å². The molecule has 0 amide bonds. The molecule has 3 nitrogen and oxygen atoms in total. The summed E-state index contributed by atoms with van der Waals surface area (Å²) in [4.78, 5) is 0. The molecule has 15 heavy (non-hydrogen) atoms. The summed E-state index contributed by atoms with van der Waals surface area (Å²) in [5, 5.41) is 3.38. The number of hydrogen-bond donors (Lipinski definition) is 2. The van der Waals surface area contributed by atoms with Crippen LogP contribution in [0.2, 0.25) is 0 Å². The lowest BCUT2D eigenvalue weighted by molar-refractivity contribution is 0.415. The van der Waals surface area contributed by atoms with Crippen LogP contribution in [-0.2, 0) is 0 Å². The van der Waals surface area contributed by atoms with E-state index in [1.54, 1.807) is 7.11 Å². The molecule has 0 fully saturated rings. The first-order valence-electron chi connectivity index (χ1n) is 4.85. The van der Waals surface area contributed by atoms with E-state index in [0.717, 1.165) is 17.2 Å². The Morgan fingerprint density at radius 2 is 2.20 bits per heavy atom. The van der Waals surface area contributed by atoms with Gasteiger partial charge in [0.25, 0.3) is 0 Å². The Morgan fingerprint density at radius 1 is 1.47 bits per heavy atom. The molecule has 84 valence electrons. The van der Waals surface area contributed by atoms with Crippen LogP contribution in [0.15, 0.2) is 18.2 Å². The van der Waals surface area contributed by atoms with Crippen molar-refractivity contribution < 1.29 is 4.74 Å². The molecule has 0 heterocycles. The van der Waals surface area contributed by atoms with Gasteiger partial charge in [0.05, 0.1) is 7.11 Å². The van der Waals surface area contributed by atoms with Gasteiger partial charge in [-0.1, -0.05) is 0 Å². The number of nitrogens with two attached hydrogens (primary N) is 1. The molecule has 1 unspecified atom stereocenters. The largest absolute Gasteiger partial charge is 0.497 e. The highest BCUT2D eigenvalue weighted by Crippen LogP contribution is 2.22. The third kappa shape index (κ3) is 3.91. The first kappa shape index (κ1) is 12.0. The van der Waals surface area contributed by atoms with Gasteiger partial charge in [-0.2, -0.15) is 11.8 Å². The third-order valence-electron chi connectivity index (χ3n) is 1.99. The number of benzene rings is 1. The summed E-state index contributed by atoms with van der Waals surface area (Å²) in [5.41, 5.74) is 7.48. The lowest BCUT2D eigenvalue weighted by Crippen LogP contribution is -2.17. The van der Waals surface area contributed by atoms with Gasteiger partial charge in [0, 0.05) is 35.3 Å². The fourth-order valence-electron chi connectivity index (χ4n) is 1.40. The van der Waals surface area contributed by atoms with E-state index in [9.17, 15) is 0 Å². The first-order valence-corrected chi connectivity index (χ1v) is 6.25. The van der Waals surface area contributed by atoms with Gasteiger partial charge in [-0.15, -0.1) is 0 Å². The van der Waals surface area contributed by atoms with Gasteiger partial charge in [-0.3, -0.25) is 0 Å². The van der Waals surface area contributed by atoms with Gasteiger partial charge in [-0.05, 0) is 19.2 Å². The van der Waals surface area contributed by atoms with Crippen molar-refractivity contribution in [3.8, 4) is 5.75 Å². The number of nitrogen functional groups attached to an aromatic ring is 1. The molecular weight excluding hydrogens is 208 g/mol. The molecule has 0 saturated heterocycles. The minimum atomic E-state index is 0.423. The van der Waals surface area contributed by atoms with Crippen LogP contribution < -0.4 is 15.8 Å². The molecule has 0 aliphatic heterocycles. The summed E-state index contributed by atoms with van der Waals surface area (Å²) < 4.78 is 5.15. The molecule has 0 aliphatic carbocycles. The zero-order valence-electron chi connectivity index (χ0n) is 9.41. The lowest BCUT2D eigenvalue weighted by atomic mass is 10.2. The fourth-order valence-corrected chi connectivity index (χ4v) is 1.98. The molecule has 4 heteroatoms. The molecule has 0 bridgehead atoms. The highest BCUT2D eigenvalue weighted by molar-refractivity contribution is 7.98. The van der Waals surface area contributed by atoms with Crippen molar-refractivity contribution in [2.24, 2.45) is 0 Å². The number of thioether (sulfide) groups is 1. The second-order valence-electron chi connectivity index (χ2n) is 3.50. The van der Waals surface area contributed by atoms with Crippen LogP contribution >= 0.6 is 11.8 Å². The van der Waals surface area contributed by atoms with Crippen molar-refractivity contribution in [1.29, 1.82) is 0 Å². The summed E-state index contributed by atoms with van der Waals surface area (Å²) >= 11 is 1.82. The minimum absolute atomic E-state index is 0.423. The molecule has 0 spiro atoms. The Labute approximate surface area is 95.4 Å². The van der Waals surface area contributed by atoms with Gasteiger partial charge in [0.2, 0.25) is 0 Å². The fraction of sp³-hybridized carbons (Fsp3) is 0.455. The van der Waals surface area contributed by atoms with Crippen molar-refractivity contribution in [3.05, 3.63) is 18.2 Å². The molecular formula is C11H18N2OS. The molecule has 1 aromatic rings. The van der Waals surface area contributed by atoms with Crippen LogP contribution in [0.3, 0.4) is 0 Å². The highest BCUT2D eigenvalue weighted by atomic mass is 32.2. The van der Waals surface area contributed by atoms with Crippen LogP contribution in [0.25, 0.3) is 0 Å². The van der Waals surface area contributed by atoms with Gasteiger partial charge in [0.15, 0.2) is 0 Å². The topological polar surface area (TPSA) is 47.3 Å². The summed E-state index contributed by atoms with van der Waals surface area (Å²) in [6, 6.07) is 6.10. The maximum absolute atomic E-state index is 5.76. The maximum atomic E-state index is 5.76. The Kier molecular flexibility index (Phi) is 4.62. The van der Waals surface area contributed by atoms with Crippen molar-refractivity contribution in [1.82, 2.24) is 0 Å². The number of hydrogen-bond acceptors (Lipinski definition) is 4. The number of methoxy groups -OCH3 is 1. The second-order valence-corrected chi connectivity index (χ2v) is 4.41. The molecule has 0 radical (unpaired) electrons. The monoisotopic (exact) mass is 226 g/mol. The predicted octanol–water partition coefficient (Wildman–Crippen LogP) is 2.44. The van der Waals surface area contributed by atoms with E-state index in [4.69, 9.17) is 10.5 Å². The first-order chi connectivity index (χ1) is 7.15. The Balaban J connectivity index is 2.71. The standard InChI is InChI=1S/C11H18N2OS/c1-8(7-15-3)13-10-4-9(12)5-11(6-10)14-2/h4-6,8,13H,7,12H2,1-3H3. The minimum Gasteiger partial charge on any atom is -0.497 e. The second kappa shape index (κ2) is 5.75. The molecule has 0 aromatic heterocycles. The number of anilines is 2. The number of nitrogens with one attached hydrogen (secondary N) is 1. The van der Waals surface area contributed by atoms with Crippen molar-refractivity contribution in [2.75, 3.05) is 30.2 Å². The summed E-state index contributed by atoms with van der Waals surface area (Å²) in [7, 11) is 1.64. The molecule has 1 rings (SSSR count). The number of ether oxygens (including phenoxy) is 1. The van der Waals surface area contributed by atoms with E-state index in [2.05, 4.69) is 18.5 Å². The van der Waals surface area contributed by atoms with Crippen molar-refractivity contribution in [3.63, 3.8) is 0 Å². The average Bonchev–Trinajstić information content (AvgIpc) is 2.17. The summed E-state index contributed by atoms with van der Waals surface area (Å²) in [5.74, 6) is 1.85. The van der Waals surface area contributed by atoms with Gasteiger partial charge in [-0.25, -0.2) is 0 Å². The Hall–Kier alpha value is -1.03. The van der Waals surface area contributed by atoms with Crippen LogP contribution in [0.5, 0.6) is 5.75 Å². The maximum Gasteiger partial charge on any atom is 0.122 e. The molecule has 0 aliphatic rings. The smallest absolute Gasteiger partial charge is 0.122 e. The van der Waals surface area contributed by atoms with E-state index >= 15 is 0 Å². The van der Waals surface area contributed by atoms with Crippen LogP contribution in [0.4, 0.5) is 11.4 Å². The van der Waals surface area contributed by atoms with Gasteiger partial charge < -0.3 is 15.8 Å². The quantitative estimate of drug-likeness (QED) is 0.757. The van der Waals surface area contributed by atoms with Crippen LogP contribution in [0.1, 0.15) is 6.92 Å². The van der Waals surface area contributed by atoms with Gasteiger partial charge >= 0.3 is 0 Å². The normalized spacial score (nSPS) is 12.2. The predicted molar refractivity (Wildman–Crippen MR) is 68.9 cm³/mol. The van der Waals surface area contributed by atoms with E-state index in [0.29, 0.717) is 11.7 Å². The molecule has 1 atom stereocenters. The van der Waals surface area contributed by atoms with Gasteiger partial charge in [0.1, 0.15) is 5.75 Å². The Morgan fingerprint density at radius 3 is 2.80 bits per heavy atom. The van der Waals surface area contributed by atoms with E-state index in [-0.39, 0.29) is 0 Å². The molecule has 1 aromatic carbocycles. The van der Waals surface area contributed by atoms with E-state index in [1.807, 2.05) is 30.0 Å². The average molecular weight is 226 g/mol. The zero-order valence-corrected chi connectivity index (χ0v) is 10.2. The SMILES string of the molecule is COc1cc(N)cc(NC(C)CSC)c1. The summed E-state index contributed by atoms with van der Waals surface area (Å²) in [6.45, 7) is 2.15. The lowest BCUT2D eigenvalue weighted by Gasteiger charge is -2.15. The molecule has 0 saturated carbocycles. The zero-order chi connectivity index (χ0) is 11.3. The Bertz CT molecular complexity index is 317. The highest BCUT2D eigenvalue weighted by Gasteiger charge is 2.03. The van der Waals surface area contributed by atoms with Crippen molar-refractivity contribution in [2.45, 2.75) is 13.0 Å². The summed E-state index contributed by atoms with van der Waals surface area (Å²) in [6.07, 6.45) is 2.10. The van der Waals surface area contributed by atoms with Crippen LogP contribution in [-0.4, -0.2) is 25.2 Å². The van der Waals surface area contributed by atoms with E-state index < -0.39 is 0 Å². The molecule has 3 N–H and O–H groups in total.